The summed E-state index contributed by atoms with van der Waals surface area (Å²) in [6, 6.07) is 16.3. The van der Waals surface area contributed by atoms with Gasteiger partial charge in [-0.15, -0.1) is 0 Å². The molecule has 0 saturated heterocycles. The molecule has 1 atom stereocenters. The fourth-order valence-corrected chi connectivity index (χ4v) is 3.20. The van der Waals surface area contributed by atoms with Crippen LogP contribution in [0, 0.1) is 0 Å². The van der Waals surface area contributed by atoms with Gasteiger partial charge in [0.25, 0.3) is 11.8 Å². The minimum atomic E-state index is -1.00. The molecule has 1 N–H and O–H groups in total. The molecule has 1 fully saturated rings. The first-order valence-corrected chi connectivity index (χ1v) is 9.69. The number of benzene rings is 2. The molecule has 2 aromatic carbocycles. The average Bonchev–Trinajstić information content (AvgIpc) is 3.56. The Bertz CT molecular complexity index is 910. The van der Waals surface area contributed by atoms with Crippen molar-refractivity contribution in [1.29, 1.82) is 0 Å². The van der Waals surface area contributed by atoms with Gasteiger partial charge in [0.2, 0.25) is 6.10 Å². The topological polar surface area (TPSA) is 84.9 Å². The molecule has 1 heterocycles. The molecule has 2 aromatic rings. The standard InChI is InChI=1S/C22H22N2O5/c25-19-14-28-18-9-5-4-8-17(18)24(19)13-12-20(26)29-21(15-6-2-1-3-7-15)22(27)23-16-10-11-16/h1-9,16,21H,10-14H2,(H,23,27)/t21-/m0/s1. The number of hydrogen-bond donors (Lipinski definition) is 1. The first-order valence-electron chi connectivity index (χ1n) is 9.69. The summed E-state index contributed by atoms with van der Waals surface area (Å²) in [5.41, 5.74) is 1.24. The van der Waals surface area contributed by atoms with Crippen LogP contribution in [0.15, 0.2) is 54.6 Å². The SMILES string of the molecule is O=C(CCN1C(=O)COc2ccccc21)O[C@H](C(=O)NC1CC1)c1ccccc1. The number of fused-ring (bicyclic) bond motifs is 1. The van der Waals surface area contributed by atoms with Crippen LogP contribution in [-0.2, 0) is 19.1 Å². The number of hydrogen-bond acceptors (Lipinski definition) is 5. The number of rotatable bonds is 7. The predicted octanol–water partition coefficient (Wildman–Crippen LogP) is 2.37. The molecule has 2 amide bonds. The van der Waals surface area contributed by atoms with Crippen molar-refractivity contribution < 1.29 is 23.9 Å². The van der Waals surface area contributed by atoms with Crippen molar-refractivity contribution in [3.63, 3.8) is 0 Å². The maximum Gasteiger partial charge on any atom is 0.308 e. The second kappa shape index (κ2) is 8.34. The Hall–Kier alpha value is -3.35. The van der Waals surface area contributed by atoms with Gasteiger partial charge < -0.3 is 19.7 Å². The van der Waals surface area contributed by atoms with E-state index in [1.165, 1.54) is 4.90 Å². The van der Waals surface area contributed by atoms with Gasteiger partial charge in [-0.2, -0.15) is 0 Å². The van der Waals surface area contributed by atoms with E-state index in [-0.39, 0.29) is 37.4 Å². The third-order valence-electron chi connectivity index (χ3n) is 4.86. The normalized spacial score (nSPS) is 16.4. The Morgan fingerprint density at radius 3 is 2.59 bits per heavy atom. The molecule has 2 aliphatic rings. The summed E-state index contributed by atoms with van der Waals surface area (Å²) >= 11 is 0. The molecule has 0 spiro atoms. The highest BCUT2D eigenvalue weighted by Crippen LogP contribution is 2.31. The van der Waals surface area contributed by atoms with Crippen LogP contribution < -0.4 is 15.0 Å². The number of amides is 2. The van der Waals surface area contributed by atoms with Crippen LogP contribution in [0.4, 0.5) is 5.69 Å². The molecule has 150 valence electrons. The van der Waals surface area contributed by atoms with Gasteiger partial charge in [-0.1, -0.05) is 42.5 Å². The number of carbonyl (C=O) groups excluding carboxylic acids is 3. The highest BCUT2D eigenvalue weighted by Gasteiger charge is 2.31. The van der Waals surface area contributed by atoms with Crippen LogP contribution in [0.2, 0.25) is 0 Å². The van der Waals surface area contributed by atoms with E-state index in [1.54, 1.807) is 42.5 Å². The number of para-hydroxylation sites is 2. The van der Waals surface area contributed by atoms with Crippen LogP contribution in [0.5, 0.6) is 5.75 Å². The molecule has 0 radical (unpaired) electrons. The van der Waals surface area contributed by atoms with Crippen LogP contribution >= 0.6 is 0 Å². The lowest BCUT2D eigenvalue weighted by molar-refractivity contribution is -0.156. The summed E-state index contributed by atoms with van der Waals surface area (Å²) in [6.45, 7) is 0.0896. The fraction of sp³-hybridized carbons (Fsp3) is 0.318. The minimum absolute atomic E-state index is 0.0277. The molecular weight excluding hydrogens is 372 g/mol. The van der Waals surface area contributed by atoms with E-state index in [4.69, 9.17) is 9.47 Å². The van der Waals surface area contributed by atoms with E-state index in [2.05, 4.69) is 5.32 Å². The van der Waals surface area contributed by atoms with Gasteiger partial charge in [-0.3, -0.25) is 14.4 Å². The molecule has 1 aliphatic heterocycles. The zero-order valence-electron chi connectivity index (χ0n) is 15.9. The number of esters is 1. The van der Waals surface area contributed by atoms with E-state index in [9.17, 15) is 14.4 Å². The van der Waals surface area contributed by atoms with Crippen LogP contribution in [-0.4, -0.2) is 37.0 Å². The summed E-state index contributed by atoms with van der Waals surface area (Å²) in [6.07, 6.45) is 0.858. The van der Waals surface area contributed by atoms with E-state index >= 15 is 0 Å². The molecule has 0 aromatic heterocycles. The first kappa shape index (κ1) is 19.0. The van der Waals surface area contributed by atoms with Gasteiger partial charge in [0.1, 0.15) is 5.75 Å². The Kier molecular flexibility index (Phi) is 5.46. The maximum atomic E-state index is 12.6. The molecule has 4 rings (SSSR count). The smallest absolute Gasteiger partial charge is 0.308 e. The molecule has 1 aliphatic carbocycles. The summed E-state index contributed by atoms with van der Waals surface area (Å²) in [5, 5.41) is 2.89. The molecule has 7 nitrogen and oxygen atoms in total. The number of anilines is 1. The highest BCUT2D eigenvalue weighted by molar-refractivity contribution is 5.98. The van der Waals surface area contributed by atoms with E-state index < -0.39 is 12.1 Å². The fourth-order valence-electron chi connectivity index (χ4n) is 3.20. The van der Waals surface area contributed by atoms with E-state index in [1.807, 2.05) is 12.1 Å². The number of ether oxygens (including phenoxy) is 2. The molecule has 29 heavy (non-hydrogen) atoms. The number of carbonyl (C=O) groups is 3. The second-order valence-electron chi connectivity index (χ2n) is 7.12. The predicted molar refractivity (Wildman–Crippen MR) is 105 cm³/mol. The Balaban J connectivity index is 1.42. The summed E-state index contributed by atoms with van der Waals surface area (Å²) < 4.78 is 10.9. The van der Waals surface area contributed by atoms with Crippen LogP contribution in [0.3, 0.4) is 0 Å². The lowest BCUT2D eigenvalue weighted by Gasteiger charge is -2.29. The third-order valence-corrected chi connectivity index (χ3v) is 4.86. The largest absolute Gasteiger partial charge is 0.482 e. The summed E-state index contributed by atoms with van der Waals surface area (Å²) in [7, 11) is 0. The Morgan fingerprint density at radius 1 is 1.10 bits per heavy atom. The molecule has 7 heteroatoms. The molecule has 1 saturated carbocycles. The quantitative estimate of drug-likeness (QED) is 0.729. The van der Waals surface area contributed by atoms with Crippen molar-refractivity contribution in [1.82, 2.24) is 5.32 Å². The molecule has 0 bridgehead atoms. The minimum Gasteiger partial charge on any atom is -0.482 e. The van der Waals surface area contributed by atoms with Crippen molar-refractivity contribution in [2.75, 3.05) is 18.1 Å². The van der Waals surface area contributed by atoms with Crippen molar-refractivity contribution in [2.24, 2.45) is 0 Å². The Morgan fingerprint density at radius 2 is 1.83 bits per heavy atom. The van der Waals surface area contributed by atoms with E-state index in [0.29, 0.717) is 17.0 Å². The van der Waals surface area contributed by atoms with Crippen molar-refractivity contribution in [3.8, 4) is 5.75 Å². The average molecular weight is 394 g/mol. The Labute approximate surface area is 168 Å². The van der Waals surface area contributed by atoms with Gasteiger partial charge >= 0.3 is 5.97 Å². The van der Waals surface area contributed by atoms with Gasteiger partial charge in [0.15, 0.2) is 6.61 Å². The zero-order valence-corrected chi connectivity index (χ0v) is 15.9. The lowest BCUT2D eigenvalue weighted by Crippen LogP contribution is -2.40. The highest BCUT2D eigenvalue weighted by atomic mass is 16.5. The second-order valence-corrected chi connectivity index (χ2v) is 7.12. The molecular formula is C22H22N2O5. The van der Waals surface area contributed by atoms with E-state index in [0.717, 1.165) is 12.8 Å². The summed E-state index contributed by atoms with van der Waals surface area (Å²) in [5.74, 6) is -0.476. The van der Waals surface area contributed by atoms with Gasteiger partial charge in [0.05, 0.1) is 12.1 Å². The van der Waals surface area contributed by atoms with Crippen molar-refractivity contribution >= 4 is 23.5 Å². The van der Waals surface area contributed by atoms with Crippen LogP contribution in [0.25, 0.3) is 0 Å². The van der Waals surface area contributed by atoms with Crippen LogP contribution in [0.1, 0.15) is 30.9 Å². The van der Waals surface area contributed by atoms with Gasteiger partial charge in [-0.25, -0.2) is 0 Å². The number of nitrogens with zero attached hydrogens (tertiary/aromatic N) is 1. The monoisotopic (exact) mass is 394 g/mol. The van der Waals surface area contributed by atoms with Crippen molar-refractivity contribution in [3.05, 3.63) is 60.2 Å². The zero-order chi connectivity index (χ0) is 20.2. The summed E-state index contributed by atoms with van der Waals surface area (Å²) in [4.78, 5) is 38.9. The molecule has 0 unspecified atom stereocenters. The maximum absolute atomic E-state index is 12.6. The van der Waals surface area contributed by atoms with Crippen molar-refractivity contribution in [2.45, 2.75) is 31.4 Å². The lowest BCUT2D eigenvalue weighted by atomic mass is 10.1. The third kappa shape index (κ3) is 4.56. The number of nitrogens with one attached hydrogen (secondary N) is 1. The first-order chi connectivity index (χ1) is 14.1. The van der Waals surface area contributed by atoms with Gasteiger partial charge in [-0.05, 0) is 25.0 Å². The van der Waals surface area contributed by atoms with Gasteiger partial charge in [0, 0.05) is 18.2 Å².